The molecule has 1 aliphatic rings. The monoisotopic (exact) mass is 158 g/mol. The molecule has 0 amide bonds. The molecular formula is C7H14N2O2. The topological polar surface area (TPSA) is 64.3 Å². The first-order valence-electron chi connectivity index (χ1n) is 3.81. The van der Waals surface area contributed by atoms with E-state index in [1.165, 1.54) is 0 Å². The second kappa shape index (κ2) is 3.19. The third-order valence-corrected chi connectivity index (χ3v) is 1.76. The maximum Gasteiger partial charge on any atom is 0.307 e. The number of esters is 1. The summed E-state index contributed by atoms with van der Waals surface area (Å²) < 4.78 is 4.77. The Morgan fingerprint density at radius 2 is 2.36 bits per heavy atom. The lowest BCUT2D eigenvalue weighted by molar-refractivity contribution is -0.145. The van der Waals surface area contributed by atoms with Crippen LogP contribution in [-0.2, 0) is 9.53 Å². The Morgan fingerprint density at radius 1 is 1.73 bits per heavy atom. The van der Waals surface area contributed by atoms with Gasteiger partial charge in [0.2, 0.25) is 0 Å². The first kappa shape index (κ1) is 8.49. The van der Waals surface area contributed by atoms with Gasteiger partial charge in [0.25, 0.3) is 0 Å². The fourth-order valence-electron chi connectivity index (χ4n) is 1.07. The van der Waals surface area contributed by atoms with E-state index in [9.17, 15) is 4.79 Å². The minimum atomic E-state index is -0.341. The van der Waals surface area contributed by atoms with E-state index in [0.29, 0.717) is 26.1 Å². The summed E-state index contributed by atoms with van der Waals surface area (Å²) in [6.45, 7) is 3.65. The van der Waals surface area contributed by atoms with Crippen LogP contribution < -0.4 is 11.1 Å². The molecule has 4 nitrogen and oxygen atoms in total. The summed E-state index contributed by atoms with van der Waals surface area (Å²) >= 11 is 0. The molecule has 0 aliphatic carbocycles. The molecule has 0 radical (unpaired) electrons. The summed E-state index contributed by atoms with van der Waals surface area (Å²) in [6.07, 6.45) is 0.327. The van der Waals surface area contributed by atoms with Crippen LogP contribution in [0, 0.1) is 0 Å². The average molecular weight is 158 g/mol. The third kappa shape index (κ3) is 2.17. The van der Waals surface area contributed by atoms with Gasteiger partial charge < -0.3 is 15.8 Å². The molecule has 64 valence electrons. The van der Waals surface area contributed by atoms with E-state index < -0.39 is 0 Å². The van der Waals surface area contributed by atoms with Crippen molar-refractivity contribution < 1.29 is 9.53 Å². The first-order chi connectivity index (χ1) is 5.16. The van der Waals surface area contributed by atoms with Crippen molar-refractivity contribution in [1.29, 1.82) is 0 Å². The Morgan fingerprint density at radius 3 is 2.73 bits per heavy atom. The zero-order chi connectivity index (χ0) is 8.32. The highest BCUT2D eigenvalue weighted by atomic mass is 16.5. The van der Waals surface area contributed by atoms with Crippen LogP contribution in [0.5, 0.6) is 0 Å². The van der Waals surface area contributed by atoms with Crippen LogP contribution in [0.4, 0.5) is 0 Å². The molecule has 0 spiro atoms. The minimum Gasteiger partial charge on any atom is -0.466 e. The minimum absolute atomic E-state index is 0.198. The molecule has 4 heteroatoms. The van der Waals surface area contributed by atoms with Crippen molar-refractivity contribution in [3.8, 4) is 0 Å². The molecule has 11 heavy (non-hydrogen) atoms. The van der Waals surface area contributed by atoms with Crippen LogP contribution in [0.1, 0.15) is 13.3 Å². The van der Waals surface area contributed by atoms with Gasteiger partial charge in [-0.15, -0.1) is 0 Å². The van der Waals surface area contributed by atoms with Gasteiger partial charge in [-0.3, -0.25) is 4.79 Å². The summed E-state index contributed by atoms with van der Waals surface area (Å²) in [4.78, 5) is 10.9. The van der Waals surface area contributed by atoms with Gasteiger partial charge in [-0.1, -0.05) is 0 Å². The number of carbonyl (C=O) groups excluding carboxylic acids is 1. The Kier molecular flexibility index (Phi) is 2.46. The van der Waals surface area contributed by atoms with E-state index in [4.69, 9.17) is 10.5 Å². The fraction of sp³-hybridized carbons (Fsp3) is 0.857. The lowest BCUT2D eigenvalue weighted by Crippen LogP contribution is -2.66. The number of hydrogen-bond acceptors (Lipinski definition) is 4. The zero-order valence-electron chi connectivity index (χ0n) is 6.72. The molecule has 1 heterocycles. The molecular weight excluding hydrogens is 144 g/mol. The van der Waals surface area contributed by atoms with Crippen LogP contribution in [0.3, 0.4) is 0 Å². The van der Waals surface area contributed by atoms with Crippen molar-refractivity contribution in [3.63, 3.8) is 0 Å². The number of nitrogens with two attached hydrogens (primary N) is 1. The number of rotatable bonds is 3. The highest BCUT2D eigenvalue weighted by Crippen LogP contribution is 2.12. The van der Waals surface area contributed by atoms with Gasteiger partial charge in [0.1, 0.15) is 0 Å². The van der Waals surface area contributed by atoms with Gasteiger partial charge in [-0.2, -0.15) is 0 Å². The maximum atomic E-state index is 10.9. The van der Waals surface area contributed by atoms with Crippen molar-refractivity contribution in [2.24, 2.45) is 5.73 Å². The zero-order valence-corrected chi connectivity index (χ0v) is 6.72. The van der Waals surface area contributed by atoms with Gasteiger partial charge >= 0.3 is 5.97 Å². The van der Waals surface area contributed by atoms with Gasteiger partial charge in [0.15, 0.2) is 0 Å². The molecule has 0 aromatic carbocycles. The fourth-order valence-corrected chi connectivity index (χ4v) is 1.07. The van der Waals surface area contributed by atoms with Crippen LogP contribution >= 0.6 is 0 Å². The van der Waals surface area contributed by atoms with Crippen molar-refractivity contribution in [2.45, 2.75) is 18.9 Å². The number of nitrogens with one attached hydrogen (secondary N) is 1. The largest absolute Gasteiger partial charge is 0.466 e. The molecule has 0 unspecified atom stereocenters. The maximum absolute atomic E-state index is 10.9. The molecule has 1 saturated heterocycles. The Bertz CT molecular complexity index is 155. The molecule has 0 atom stereocenters. The first-order valence-corrected chi connectivity index (χ1v) is 3.81. The lowest BCUT2D eigenvalue weighted by atomic mass is 9.90. The SMILES string of the molecule is CCOC(=O)CC1(N)CNC1. The number of carbonyl (C=O) groups is 1. The Hall–Kier alpha value is -0.610. The summed E-state index contributed by atoms with van der Waals surface area (Å²) in [5, 5.41) is 3.02. The van der Waals surface area contributed by atoms with E-state index in [0.717, 1.165) is 0 Å². The van der Waals surface area contributed by atoms with E-state index >= 15 is 0 Å². The smallest absolute Gasteiger partial charge is 0.307 e. The standard InChI is InChI=1S/C7H14N2O2/c1-2-11-6(10)3-7(8)4-9-5-7/h9H,2-5,8H2,1H3. The number of hydrogen-bond donors (Lipinski definition) is 2. The predicted octanol–water partition coefficient (Wildman–Crippen LogP) is -0.760. The quantitative estimate of drug-likeness (QED) is 0.530. The van der Waals surface area contributed by atoms with Crippen molar-refractivity contribution in [3.05, 3.63) is 0 Å². The van der Waals surface area contributed by atoms with E-state index in [-0.39, 0.29) is 11.5 Å². The predicted molar refractivity (Wildman–Crippen MR) is 41.0 cm³/mol. The average Bonchev–Trinajstić information content (AvgIpc) is 1.85. The normalized spacial score (nSPS) is 20.5. The van der Waals surface area contributed by atoms with Gasteiger partial charge in [-0.05, 0) is 6.92 Å². The summed E-state index contributed by atoms with van der Waals surface area (Å²) in [5.41, 5.74) is 5.43. The summed E-state index contributed by atoms with van der Waals surface area (Å²) in [5.74, 6) is -0.198. The van der Waals surface area contributed by atoms with Crippen LogP contribution in [-0.4, -0.2) is 31.2 Å². The summed E-state index contributed by atoms with van der Waals surface area (Å²) in [7, 11) is 0. The molecule has 0 aromatic rings. The van der Waals surface area contributed by atoms with Crippen LogP contribution in [0.25, 0.3) is 0 Å². The molecule has 3 N–H and O–H groups in total. The highest BCUT2D eigenvalue weighted by Gasteiger charge is 2.34. The van der Waals surface area contributed by atoms with E-state index in [1.807, 2.05) is 0 Å². The highest BCUT2D eigenvalue weighted by molar-refractivity contribution is 5.71. The van der Waals surface area contributed by atoms with Gasteiger partial charge in [0, 0.05) is 13.1 Å². The Labute approximate surface area is 66.1 Å². The van der Waals surface area contributed by atoms with E-state index in [1.54, 1.807) is 6.92 Å². The van der Waals surface area contributed by atoms with Crippen molar-refractivity contribution in [1.82, 2.24) is 5.32 Å². The van der Waals surface area contributed by atoms with Crippen molar-refractivity contribution in [2.75, 3.05) is 19.7 Å². The molecule has 1 aliphatic heterocycles. The molecule has 0 bridgehead atoms. The second-order valence-corrected chi connectivity index (χ2v) is 2.95. The van der Waals surface area contributed by atoms with Crippen LogP contribution in [0.15, 0.2) is 0 Å². The Balaban J connectivity index is 2.23. The van der Waals surface area contributed by atoms with Crippen molar-refractivity contribution >= 4 is 5.97 Å². The second-order valence-electron chi connectivity index (χ2n) is 2.95. The molecule has 0 aromatic heterocycles. The van der Waals surface area contributed by atoms with Gasteiger partial charge in [-0.25, -0.2) is 0 Å². The molecule has 1 rings (SSSR count). The molecule has 1 fully saturated rings. The van der Waals surface area contributed by atoms with Crippen LogP contribution in [0.2, 0.25) is 0 Å². The third-order valence-electron chi connectivity index (χ3n) is 1.76. The lowest BCUT2D eigenvalue weighted by Gasteiger charge is -2.38. The number of ether oxygens (including phenoxy) is 1. The van der Waals surface area contributed by atoms with Gasteiger partial charge in [0.05, 0.1) is 18.6 Å². The molecule has 0 saturated carbocycles. The van der Waals surface area contributed by atoms with E-state index in [2.05, 4.69) is 5.32 Å². The summed E-state index contributed by atoms with van der Waals surface area (Å²) in [6, 6.07) is 0.